The zero-order valence-electron chi connectivity index (χ0n) is 12.1. The molecule has 2 rings (SSSR count). The molecule has 110 valence electrons. The number of hydrogen-bond donors (Lipinski definition) is 1. The standard InChI is InChI=1S/C15H17N3O2S/c1-5-7-18(8-6-2)15(20)12-9(3)11-13(19)16-10(4)17-14(11)21-12/h5-6H,1-2,7-8H2,3-4H3,(H,16,17,19). The number of thiophene rings is 1. The van der Waals surface area contributed by atoms with E-state index in [9.17, 15) is 9.59 Å². The van der Waals surface area contributed by atoms with Gasteiger partial charge in [0.1, 0.15) is 10.7 Å². The molecule has 0 saturated carbocycles. The van der Waals surface area contributed by atoms with Crippen LogP contribution in [0.15, 0.2) is 30.1 Å². The average Bonchev–Trinajstić information content (AvgIpc) is 2.74. The molecule has 0 fully saturated rings. The van der Waals surface area contributed by atoms with E-state index in [2.05, 4.69) is 23.1 Å². The van der Waals surface area contributed by atoms with Crippen LogP contribution in [0, 0.1) is 13.8 Å². The normalized spacial score (nSPS) is 10.6. The van der Waals surface area contributed by atoms with E-state index in [0.717, 1.165) is 0 Å². The van der Waals surface area contributed by atoms with Crippen LogP contribution >= 0.6 is 11.3 Å². The van der Waals surface area contributed by atoms with Gasteiger partial charge in [-0.25, -0.2) is 4.98 Å². The van der Waals surface area contributed by atoms with Crippen molar-refractivity contribution in [2.24, 2.45) is 0 Å². The van der Waals surface area contributed by atoms with Gasteiger partial charge in [0.15, 0.2) is 0 Å². The molecular formula is C15H17N3O2S. The van der Waals surface area contributed by atoms with Crippen molar-refractivity contribution in [1.82, 2.24) is 14.9 Å². The maximum absolute atomic E-state index is 12.6. The first-order valence-corrected chi connectivity index (χ1v) is 7.32. The Morgan fingerprint density at radius 2 is 1.95 bits per heavy atom. The van der Waals surface area contributed by atoms with E-state index in [1.165, 1.54) is 11.3 Å². The number of carbonyl (C=O) groups excluding carboxylic acids is 1. The van der Waals surface area contributed by atoms with Crippen molar-refractivity contribution in [2.75, 3.05) is 13.1 Å². The topological polar surface area (TPSA) is 66.1 Å². The molecule has 0 radical (unpaired) electrons. The second kappa shape index (κ2) is 6.05. The van der Waals surface area contributed by atoms with Gasteiger partial charge in [0.2, 0.25) is 0 Å². The Hall–Kier alpha value is -2.21. The molecule has 0 saturated heterocycles. The molecule has 2 aromatic heterocycles. The summed E-state index contributed by atoms with van der Waals surface area (Å²) < 4.78 is 0. The van der Waals surface area contributed by atoms with Gasteiger partial charge in [0, 0.05) is 13.1 Å². The van der Waals surface area contributed by atoms with E-state index in [-0.39, 0.29) is 11.5 Å². The first kappa shape index (κ1) is 15.2. The Morgan fingerprint density at radius 3 is 2.52 bits per heavy atom. The average molecular weight is 303 g/mol. The third-order valence-corrected chi connectivity index (χ3v) is 4.27. The molecule has 0 bridgehead atoms. The second-order valence-corrected chi connectivity index (χ2v) is 5.67. The van der Waals surface area contributed by atoms with Gasteiger partial charge in [-0.05, 0) is 19.4 Å². The summed E-state index contributed by atoms with van der Waals surface area (Å²) in [6, 6.07) is 0. The zero-order valence-corrected chi connectivity index (χ0v) is 12.9. The summed E-state index contributed by atoms with van der Waals surface area (Å²) in [6.07, 6.45) is 3.33. The number of rotatable bonds is 5. The number of nitrogens with one attached hydrogen (secondary N) is 1. The molecule has 0 atom stereocenters. The highest BCUT2D eigenvalue weighted by Gasteiger charge is 2.22. The van der Waals surface area contributed by atoms with E-state index in [0.29, 0.717) is 39.6 Å². The Labute approximate surface area is 126 Å². The SMILES string of the molecule is C=CCN(CC=C)C(=O)c1sc2nc(C)[nH]c(=O)c2c1C. The molecule has 0 spiro atoms. The fourth-order valence-electron chi connectivity index (χ4n) is 2.15. The van der Waals surface area contributed by atoms with Crippen molar-refractivity contribution in [3.05, 3.63) is 51.9 Å². The molecule has 2 heterocycles. The molecule has 0 aliphatic rings. The monoisotopic (exact) mass is 303 g/mol. The van der Waals surface area contributed by atoms with Crippen molar-refractivity contribution in [1.29, 1.82) is 0 Å². The Balaban J connectivity index is 2.56. The van der Waals surface area contributed by atoms with Gasteiger partial charge in [-0.1, -0.05) is 12.2 Å². The minimum Gasteiger partial charge on any atom is -0.331 e. The van der Waals surface area contributed by atoms with E-state index >= 15 is 0 Å². The molecule has 1 N–H and O–H groups in total. The van der Waals surface area contributed by atoms with Gasteiger partial charge >= 0.3 is 0 Å². The van der Waals surface area contributed by atoms with Crippen LogP contribution in [0.5, 0.6) is 0 Å². The second-order valence-electron chi connectivity index (χ2n) is 4.68. The summed E-state index contributed by atoms with van der Waals surface area (Å²) in [5, 5.41) is 0.492. The minimum absolute atomic E-state index is 0.132. The summed E-state index contributed by atoms with van der Waals surface area (Å²) in [5.74, 6) is 0.411. The predicted molar refractivity (Wildman–Crippen MR) is 86.0 cm³/mol. The predicted octanol–water partition coefficient (Wildman–Crippen LogP) is 2.42. The Kier molecular flexibility index (Phi) is 4.37. The van der Waals surface area contributed by atoms with Gasteiger partial charge in [0.25, 0.3) is 11.5 Å². The van der Waals surface area contributed by atoms with E-state index in [1.807, 2.05) is 0 Å². The smallest absolute Gasteiger partial charge is 0.264 e. The molecule has 21 heavy (non-hydrogen) atoms. The first-order valence-electron chi connectivity index (χ1n) is 6.50. The minimum atomic E-state index is -0.204. The summed E-state index contributed by atoms with van der Waals surface area (Å²) in [6.45, 7) is 11.7. The quantitative estimate of drug-likeness (QED) is 0.863. The van der Waals surface area contributed by atoms with Gasteiger partial charge < -0.3 is 9.88 Å². The van der Waals surface area contributed by atoms with Crippen molar-refractivity contribution in [2.45, 2.75) is 13.8 Å². The fourth-order valence-corrected chi connectivity index (χ4v) is 3.35. The van der Waals surface area contributed by atoms with Crippen LogP contribution in [-0.2, 0) is 0 Å². The van der Waals surface area contributed by atoms with Crippen LogP contribution in [0.3, 0.4) is 0 Å². The molecule has 0 aliphatic heterocycles. The lowest BCUT2D eigenvalue weighted by molar-refractivity contribution is 0.0795. The molecule has 5 nitrogen and oxygen atoms in total. The molecular weight excluding hydrogens is 286 g/mol. The van der Waals surface area contributed by atoms with E-state index in [4.69, 9.17) is 0 Å². The van der Waals surface area contributed by atoms with E-state index < -0.39 is 0 Å². The van der Waals surface area contributed by atoms with Crippen LogP contribution < -0.4 is 5.56 Å². The summed E-state index contributed by atoms with van der Waals surface area (Å²) in [5.41, 5.74) is 0.469. The summed E-state index contributed by atoms with van der Waals surface area (Å²) in [4.78, 5) is 34.4. The number of amides is 1. The summed E-state index contributed by atoms with van der Waals surface area (Å²) in [7, 11) is 0. The lowest BCUT2D eigenvalue weighted by Gasteiger charge is -2.18. The highest BCUT2D eigenvalue weighted by Crippen LogP contribution is 2.28. The van der Waals surface area contributed by atoms with Crippen molar-refractivity contribution in [3.63, 3.8) is 0 Å². The lowest BCUT2D eigenvalue weighted by Crippen LogP contribution is -2.31. The number of aromatic amines is 1. The highest BCUT2D eigenvalue weighted by molar-refractivity contribution is 7.20. The molecule has 6 heteroatoms. The van der Waals surface area contributed by atoms with Crippen LogP contribution in [0.1, 0.15) is 21.1 Å². The number of fused-ring (bicyclic) bond motifs is 1. The number of carbonyl (C=O) groups is 1. The maximum atomic E-state index is 12.6. The maximum Gasteiger partial charge on any atom is 0.264 e. The Bertz CT molecular complexity index is 763. The van der Waals surface area contributed by atoms with Gasteiger partial charge in [-0.15, -0.1) is 24.5 Å². The molecule has 1 amide bonds. The van der Waals surface area contributed by atoms with Crippen LogP contribution in [-0.4, -0.2) is 33.9 Å². The number of hydrogen-bond acceptors (Lipinski definition) is 4. The molecule has 0 unspecified atom stereocenters. The van der Waals surface area contributed by atoms with Crippen LogP contribution in [0.4, 0.5) is 0 Å². The van der Waals surface area contributed by atoms with Gasteiger partial charge in [-0.3, -0.25) is 9.59 Å². The number of nitrogens with zero attached hydrogens (tertiary/aromatic N) is 2. The van der Waals surface area contributed by atoms with Crippen molar-refractivity contribution < 1.29 is 4.79 Å². The fraction of sp³-hybridized carbons (Fsp3) is 0.267. The first-order chi connectivity index (χ1) is 9.99. The molecule has 2 aromatic rings. The van der Waals surface area contributed by atoms with Crippen molar-refractivity contribution in [3.8, 4) is 0 Å². The highest BCUT2D eigenvalue weighted by atomic mass is 32.1. The van der Waals surface area contributed by atoms with Gasteiger partial charge in [0.05, 0.1) is 10.3 Å². The largest absolute Gasteiger partial charge is 0.331 e. The van der Waals surface area contributed by atoms with E-state index in [1.54, 1.807) is 30.9 Å². The van der Waals surface area contributed by atoms with Crippen LogP contribution in [0.2, 0.25) is 0 Å². The number of aromatic nitrogens is 2. The van der Waals surface area contributed by atoms with Crippen molar-refractivity contribution >= 4 is 27.5 Å². The third kappa shape index (κ3) is 2.80. The van der Waals surface area contributed by atoms with Gasteiger partial charge in [-0.2, -0.15) is 0 Å². The third-order valence-electron chi connectivity index (χ3n) is 3.10. The lowest BCUT2D eigenvalue weighted by atomic mass is 10.2. The molecule has 0 aromatic carbocycles. The number of H-pyrrole nitrogens is 1. The molecule has 0 aliphatic carbocycles. The Morgan fingerprint density at radius 1 is 1.33 bits per heavy atom. The summed E-state index contributed by atoms with van der Waals surface area (Å²) >= 11 is 1.25. The zero-order chi connectivity index (χ0) is 15.6. The van der Waals surface area contributed by atoms with Crippen LogP contribution in [0.25, 0.3) is 10.2 Å². The number of aryl methyl sites for hydroxylation is 2.